The Kier molecular flexibility index (Phi) is 4.65. The number of nitrogens with two attached hydrogens (primary N) is 1. The molecule has 0 aliphatic heterocycles. The van der Waals surface area contributed by atoms with Crippen molar-refractivity contribution in [3.63, 3.8) is 0 Å². The summed E-state index contributed by atoms with van der Waals surface area (Å²) in [6, 6.07) is -0.0462. The van der Waals surface area contributed by atoms with Gasteiger partial charge in [0.25, 0.3) is 0 Å². The highest BCUT2D eigenvalue weighted by Gasteiger charge is 2.19. The van der Waals surface area contributed by atoms with E-state index in [0.717, 1.165) is 11.4 Å². The number of aryl methyl sites for hydroxylation is 1. The molecule has 0 saturated heterocycles. The van der Waals surface area contributed by atoms with E-state index >= 15 is 0 Å². The minimum Gasteiger partial charge on any atom is -0.347 e. The van der Waals surface area contributed by atoms with Gasteiger partial charge in [-0.2, -0.15) is 0 Å². The molecule has 1 amide bonds. The molecule has 0 spiro atoms. The van der Waals surface area contributed by atoms with E-state index in [9.17, 15) is 4.79 Å². The van der Waals surface area contributed by atoms with Crippen molar-refractivity contribution < 1.29 is 4.79 Å². The summed E-state index contributed by atoms with van der Waals surface area (Å²) in [4.78, 5) is 17.2. The molecule has 96 valence electrons. The third-order valence-electron chi connectivity index (χ3n) is 2.28. The van der Waals surface area contributed by atoms with Gasteiger partial charge in [0.1, 0.15) is 5.01 Å². The molecule has 0 bridgehead atoms. The van der Waals surface area contributed by atoms with E-state index in [1.54, 1.807) is 11.3 Å². The maximum atomic E-state index is 11.7. The van der Waals surface area contributed by atoms with Crippen molar-refractivity contribution in [1.29, 1.82) is 0 Å². The first-order valence-corrected chi connectivity index (χ1v) is 6.66. The summed E-state index contributed by atoms with van der Waals surface area (Å²) < 4.78 is 0. The van der Waals surface area contributed by atoms with Crippen LogP contribution in [0.3, 0.4) is 0 Å². The molecule has 1 aromatic heterocycles. The van der Waals surface area contributed by atoms with Crippen molar-refractivity contribution in [2.75, 3.05) is 0 Å². The number of hydrogen-bond acceptors (Lipinski definition) is 4. The molecule has 1 aromatic rings. The Bertz CT molecular complexity index is 381. The van der Waals surface area contributed by atoms with Gasteiger partial charge in [-0.25, -0.2) is 4.98 Å². The first-order chi connectivity index (χ1) is 7.81. The van der Waals surface area contributed by atoms with Crippen molar-refractivity contribution in [2.24, 2.45) is 5.73 Å². The molecule has 1 rings (SSSR count). The number of hydrogen-bond donors (Lipinski definition) is 2. The molecule has 5 heteroatoms. The highest BCUT2D eigenvalue weighted by Crippen LogP contribution is 2.20. The van der Waals surface area contributed by atoms with Gasteiger partial charge in [0.05, 0.1) is 6.04 Å². The van der Waals surface area contributed by atoms with Gasteiger partial charge in [0.15, 0.2) is 0 Å². The third kappa shape index (κ3) is 4.83. The number of amides is 1. The van der Waals surface area contributed by atoms with Crippen LogP contribution < -0.4 is 11.1 Å². The second-order valence-electron chi connectivity index (χ2n) is 4.97. The Morgan fingerprint density at radius 3 is 2.76 bits per heavy atom. The zero-order valence-electron chi connectivity index (χ0n) is 10.9. The summed E-state index contributed by atoms with van der Waals surface area (Å²) in [6.45, 7) is 7.73. The van der Waals surface area contributed by atoms with Crippen LogP contribution in [0.1, 0.15) is 50.0 Å². The molecule has 3 N–H and O–H groups in total. The van der Waals surface area contributed by atoms with Gasteiger partial charge in [-0.3, -0.25) is 4.79 Å². The van der Waals surface area contributed by atoms with Crippen LogP contribution in [-0.4, -0.2) is 16.4 Å². The number of aromatic nitrogens is 1. The largest absolute Gasteiger partial charge is 0.347 e. The van der Waals surface area contributed by atoms with Gasteiger partial charge in [0, 0.05) is 23.0 Å². The monoisotopic (exact) mass is 255 g/mol. The van der Waals surface area contributed by atoms with E-state index < -0.39 is 5.54 Å². The lowest BCUT2D eigenvalue weighted by atomic mass is 10.0. The molecule has 17 heavy (non-hydrogen) atoms. The lowest BCUT2D eigenvalue weighted by Crippen LogP contribution is -2.39. The second-order valence-corrected chi connectivity index (χ2v) is 6.12. The molecule has 1 atom stereocenters. The van der Waals surface area contributed by atoms with Crippen molar-refractivity contribution in [3.05, 3.63) is 16.1 Å². The fraction of sp³-hybridized carbons (Fsp3) is 0.667. The van der Waals surface area contributed by atoms with Crippen LogP contribution in [-0.2, 0) is 11.2 Å². The zero-order valence-corrected chi connectivity index (χ0v) is 11.7. The van der Waals surface area contributed by atoms with Crippen LogP contribution in [0.15, 0.2) is 6.20 Å². The molecule has 1 unspecified atom stereocenters. The molecule has 0 radical (unpaired) electrons. The number of carbonyl (C=O) groups excluding carboxylic acids is 1. The number of nitrogens with zero attached hydrogens (tertiary/aromatic N) is 1. The van der Waals surface area contributed by atoms with Crippen molar-refractivity contribution in [3.8, 4) is 0 Å². The number of carbonyl (C=O) groups is 1. The molecule has 0 fully saturated rings. The fourth-order valence-corrected chi connectivity index (χ4v) is 2.31. The molecule has 1 heterocycles. The normalized spacial score (nSPS) is 13.5. The highest BCUT2D eigenvalue weighted by molar-refractivity contribution is 7.11. The van der Waals surface area contributed by atoms with Crippen LogP contribution in [0.4, 0.5) is 0 Å². The van der Waals surface area contributed by atoms with Crippen LogP contribution >= 0.6 is 11.3 Å². The smallest absolute Gasteiger partial charge is 0.222 e. The van der Waals surface area contributed by atoms with Crippen LogP contribution in [0, 0.1) is 0 Å². The van der Waals surface area contributed by atoms with Gasteiger partial charge in [-0.15, -0.1) is 11.3 Å². The van der Waals surface area contributed by atoms with E-state index in [1.807, 2.05) is 27.0 Å². The topological polar surface area (TPSA) is 68.0 Å². The molecule has 0 aliphatic carbocycles. The van der Waals surface area contributed by atoms with Crippen molar-refractivity contribution in [2.45, 2.75) is 52.1 Å². The lowest BCUT2D eigenvalue weighted by Gasteiger charge is -2.19. The van der Waals surface area contributed by atoms with Gasteiger partial charge in [0.2, 0.25) is 5.91 Å². The predicted molar refractivity (Wildman–Crippen MR) is 70.9 cm³/mol. The zero-order chi connectivity index (χ0) is 13.1. The maximum Gasteiger partial charge on any atom is 0.222 e. The average molecular weight is 255 g/mol. The standard InChI is InChI=1S/C12H21N3OS/c1-5-9-7-14-11(17-9)8(2)15-10(16)6-12(3,4)13/h7-8H,5-6,13H2,1-4H3,(H,15,16). The quantitative estimate of drug-likeness (QED) is 0.845. The molecule has 0 saturated carbocycles. The van der Waals surface area contributed by atoms with Crippen LogP contribution in [0.5, 0.6) is 0 Å². The first-order valence-electron chi connectivity index (χ1n) is 5.84. The minimum absolute atomic E-state index is 0.0294. The van der Waals surface area contributed by atoms with E-state index in [-0.39, 0.29) is 11.9 Å². The molecule has 0 aromatic carbocycles. The van der Waals surface area contributed by atoms with Crippen molar-refractivity contribution in [1.82, 2.24) is 10.3 Å². The van der Waals surface area contributed by atoms with E-state index in [1.165, 1.54) is 4.88 Å². The maximum absolute atomic E-state index is 11.7. The van der Waals surface area contributed by atoms with Crippen molar-refractivity contribution >= 4 is 17.2 Å². The summed E-state index contributed by atoms with van der Waals surface area (Å²) in [6.07, 6.45) is 3.17. The average Bonchev–Trinajstić information content (AvgIpc) is 2.62. The van der Waals surface area contributed by atoms with Gasteiger partial charge in [-0.1, -0.05) is 6.92 Å². The van der Waals surface area contributed by atoms with Gasteiger partial charge in [-0.05, 0) is 27.2 Å². The predicted octanol–water partition coefficient (Wildman–Crippen LogP) is 2.01. The summed E-state index contributed by atoms with van der Waals surface area (Å²) in [7, 11) is 0. The molecule has 4 nitrogen and oxygen atoms in total. The van der Waals surface area contributed by atoms with Crippen LogP contribution in [0.2, 0.25) is 0 Å². The Balaban J connectivity index is 2.54. The Morgan fingerprint density at radius 1 is 1.65 bits per heavy atom. The minimum atomic E-state index is -0.471. The second kappa shape index (κ2) is 5.60. The summed E-state index contributed by atoms with van der Waals surface area (Å²) >= 11 is 1.64. The highest BCUT2D eigenvalue weighted by atomic mass is 32.1. The first kappa shape index (κ1) is 14.1. The van der Waals surface area contributed by atoms with Gasteiger partial charge >= 0.3 is 0 Å². The fourth-order valence-electron chi connectivity index (χ4n) is 1.45. The molecule has 0 aliphatic rings. The summed E-state index contributed by atoms with van der Waals surface area (Å²) in [5.41, 5.74) is 5.33. The van der Waals surface area contributed by atoms with E-state index in [2.05, 4.69) is 17.2 Å². The number of rotatable bonds is 5. The summed E-state index contributed by atoms with van der Waals surface area (Å²) in [5.74, 6) is -0.0294. The van der Waals surface area contributed by atoms with Crippen LogP contribution in [0.25, 0.3) is 0 Å². The third-order valence-corrected chi connectivity index (χ3v) is 3.61. The lowest BCUT2D eigenvalue weighted by molar-refractivity contribution is -0.122. The summed E-state index contributed by atoms with van der Waals surface area (Å²) in [5, 5.41) is 3.87. The van der Waals surface area contributed by atoms with Gasteiger partial charge < -0.3 is 11.1 Å². The van der Waals surface area contributed by atoms with E-state index in [0.29, 0.717) is 6.42 Å². The molecular weight excluding hydrogens is 234 g/mol. The Hall–Kier alpha value is -0.940. The Morgan fingerprint density at radius 2 is 2.29 bits per heavy atom. The SMILES string of the molecule is CCc1cnc(C(C)NC(=O)CC(C)(C)N)s1. The number of thiazole rings is 1. The molecular formula is C12H21N3OS. The van der Waals surface area contributed by atoms with E-state index in [4.69, 9.17) is 5.73 Å². The number of nitrogens with one attached hydrogen (secondary N) is 1. The Labute approximate surface area is 107 Å².